The molecule has 0 bridgehead atoms. The molecule has 6 nitrogen and oxygen atoms in total. The van der Waals surface area contributed by atoms with Crippen molar-refractivity contribution >= 4 is 11.6 Å². The molecule has 0 atom stereocenters. The number of aryl methyl sites for hydroxylation is 1. The fraction of sp³-hybridized carbons (Fsp3) is 0.789. The molecular formula is C19H34N6. The van der Waals surface area contributed by atoms with Crippen LogP contribution >= 0.6 is 0 Å². The highest BCUT2D eigenvalue weighted by Crippen LogP contribution is 2.21. The van der Waals surface area contributed by atoms with Crippen LogP contribution in [0.4, 0.5) is 11.6 Å². The summed E-state index contributed by atoms with van der Waals surface area (Å²) in [7, 11) is 0. The highest BCUT2D eigenvalue weighted by atomic mass is 15.3. The van der Waals surface area contributed by atoms with E-state index >= 15 is 0 Å². The van der Waals surface area contributed by atoms with E-state index in [0.717, 1.165) is 69.8 Å². The van der Waals surface area contributed by atoms with Crippen molar-refractivity contribution in [1.82, 2.24) is 19.8 Å². The van der Waals surface area contributed by atoms with Gasteiger partial charge in [0, 0.05) is 45.3 Å². The zero-order chi connectivity index (χ0) is 17.6. The zero-order valence-electron chi connectivity index (χ0n) is 16.2. The normalized spacial score (nSPS) is 21.2. The van der Waals surface area contributed by atoms with Crippen molar-refractivity contribution in [2.75, 3.05) is 75.2 Å². The van der Waals surface area contributed by atoms with Gasteiger partial charge in [0.2, 0.25) is 0 Å². The van der Waals surface area contributed by atoms with Crippen LogP contribution in [0.25, 0.3) is 0 Å². The van der Waals surface area contributed by atoms with Gasteiger partial charge in [0.05, 0.1) is 0 Å². The molecule has 6 heteroatoms. The molecule has 0 aromatic carbocycles. The first-order valence-corrected chi connectivity index (χ1v) is 10.00. The topological polar surface area (TPSA) is 38.7 Å². The van der Waals surface area contributed by atoms with Gasteiger partial charge >= 0.3 is 0 Å². The number of rotatable bonds is 4. The molecule has 3 rings (SSSR count). The summed E-state index contributed by atoms with van der Waals surface area (Å²) in [6.45, 7) is 17.8. The predicted octanol–water partition coefficient (Wildman–Crippen LogP) is 1.85. The molecule has 140 valence electrons. The van der Waals surface area contributed by atoms with Crippen LogP contribution in [-0.4, -0.2) is 85.2 Å². The van der Waals surface area contributed by atoms with Crippen molar-refractivity contribution in [3.05, 3.63) is 11.9 Å². The molecule has 0 N–H and O–H groups in total. The Morgan fingerprint density at radius 2 is 1.20 bits per heavy atom. The first-order chi connectivity index (χ1) is 12.2. The third kappa shape index (κ3) is 4.82. The van der Waals surface area contributed by atoms with E-state index in [1.54, 1.807) is 0 Å². The lowest BCUT2D eigenvalue weighted by molar-refractivity contribution is 0.310. The van der Waals surface area contributed by atoms with Gasteiger partial charge in [0.1, 0.15) is 17.5 Å². The van der Waals surface area contributed by atoms with Crippen LogP contribution in [-0.2, 0) is 0 Å². The molecule has 2 aliphatic rings. The number of anilines is 2. The Balaban J connectivity index is 1.74. The number of hydrogen-bond acceptors (Lipinski definition) is 6. The molecule has 0 spiro atoms. The van der Waals surface area contributed by atoms with E-state index in [1.807, 2.05) is 6.92 Å². The van der Waals surface area contributed by atoms with E-state index in [1.165, 1.54) is 25.9 Å². The van der Waals surface area contributed by atoms with Gasteiger partial charge < -0.3 is 19.6 Å². The van der Waals surface area contributed by atoms with Crippen LogP contribution < -0.4 is 9.80 Å². The van der Waals surface area contributed by atoms with Crippen molar-refractivity contribution in [1.29, 1.82) is 0 Å². The average molecular weight is 347 g/mol. The largest absolute Gasteiger partial charge is 0.355 e. The SMILES string of the molecule is CCN1CCCN(c2cc(N3CCCN(CC)CC3)nc(C)n2)CC1. The van der Waals surface area contributed by atoms with Crippen molar-refractivity contribution in [2.24, 2.45) is 0 Å². The molecule has 1 aromatic rings. The third-order valence-electron chi connectivity index (χ3n) is 5.53. The smallest absolute Gasteiger partial charge is 0.134 e. The molecule has 25 heavy (non-hydrogen) atoms. The van der Waals surface area contributed by atoms with Crippen molar-refractivity contribution in [2.45, 2.75) is 33.6 Å². The van der Waals surface area contributed by atoms with Crippen molar-refractivity contribution < 1.29 is 0 Å². The van der Waals surface area contributed by atoms with Crippen LogP contribution in [0.5, 0.6) is 0 Å². The van der Waals surface area contributed by atoms with Crippen LogP contribution in [0.3, 0.4) is 0 Å². The minimum atomic E-state index is 0.890. The Labute approximate surface area is 152 Å². The van der Waals surface area contributed by atoms with E-state index in [-0.39, 0.29) is 0 Å². The highest BCUT2D eigenvalue weighted by molar-refractivity contribution is 5.51. The maximum absolute atomic E-state index is 4.76. The number of likely N-dealkylation sites (N-methyl/N-ethyl adjacent to an activating group) is 2. The average Bonchev–Trinajstić information content (AvgIpc) is 3.01. The van der Waals surface area contributed by atoms with Crippen LogP contribution in [0.2, 0.25) is 0 Å². The molecule has 0 radical (unpaired) electrons. The molecule has 2 aliphatic heterocycles. The van der Waals surface area contributed by atoms with Gasteiger partial charge in [0.25, 0.3) is 0 Å². The van der Waals surface area contributed by atoms with Gasteiger partial charge in [-0.15, -0.1) is 0 Å². The molecular weight excluding hydrogens is 312 g/mol. The molecule has 0 aliphatic carbocycles. The van der Waals surface area contributed by atoms with Gasteiger partial charge in [-0.3, -0.25) is 0 Å². The summed E-state index contributed by atoms with van der Waals surface area (Å²) in [5.41, 5.74) is 0. The summed E-state index contributed by atoms with van der Waals surface area (Å²) >= 11 is 0. The van der Waals surface area contributed by atoms with Gasteiger partial charge in [-0.1, -0.05) is 13.8 Å². The van der Waals surface area contributed by atoms with Crippen molar-refractivity contribution in [3.63, 3.8) is 0 Å². The molecule has 0 amide bonds. The summed E-state index contributed by atoms with van der Waals surface area (Å²) in [6, 6.07) is 2.22. The summed E-state index contributed by atoms with van der Waals surface area (Å²) in [5, 5.41) is 0. The van der Waals surface area contributed by atoms with E-state index < -0.39 is 0 Å². The molecule has 2 saturated heterocycles. The Kier molecular flexibility index (Phi) is 6.48. The third-order valence-corrected chi connectivity index (χ3v) is 5.53. The molecule has 0 saturated carbocycles. The first-order valence-electron chi connectivity index (χ1n) is 10.00. The van der Waals surface area contributed by atoms with Gasteiger partial charge in [-0.05, 0) is 45.9 Å². The zero-order valence-corrected chi connectivity index (χ0v) is 16.2. The Morgan fingerprint density at radius 3 is 1.64 bits per heavy atom. The predicted molar refractivity (Wildman–Crippen MR) is 105 cm³/mol. The lowest BCUT2D eigenvalue weighted by Crippen LogP contribution is -2.33. The summed E-state index contributed by atoms with van der Waals surface area (Å²) in [6.07, 6.45) is 2.42. The fourth-order valence-corrected chi connectivity index (χ4v) is 3.89. The molecule has 2 fully saturated rings. The van der Waals surface area contributed by atoms with E-state index in [0.29, 0.717) is 0 Å². The highest BCUT2D eigenvalue weighted by Gasteiger charge is 2.19. The van der Waals surface area contributed by atoms with Crippen LogP contribution in [0.1, 0.15) is 32.5 Å². The minimum absolute atomic E-state index is 0.890. The second-order valence-electron chi connectivity index (χ2n) is 7.18. The van der Waals surface area contributed by atoms with Gasteiger partial charge in [-0.25, -0.2) is 9.97 Å². The number of aromatic nitrogens is 2. The summed E-state index contributed by atoms with van der Waals surface area (Å²) < 4.78 is 0. The Morgan fingerprint density at radius 1 is 0.720 bits per heavy atom. The van der Waals surface area contributed by atoms with E-state index in [9.17, 15) is 0 Å². The second-order valence-corrected chi connectivity index (χ2v) is 7.18. The summed E-state index contributed by atoms with van der Waals surface area (Å²) in [4.78, 5) is 19.5. The van der Waals surface area contributed by atoms with Crippen LogP contribution in [0.15, 0.2) is 6.07 Å². The van der Waals surface area contributed by atoms with Gasteiger partial charge in [0.15, 0.2) is 0 Å². The Bertz CT molecular complexity index is 504. The van der Waals surface area contributed by atoms with Crippen LogP contribution in [0, 0.1) is 6.92 Å². The lowest BCUT2D eigenvalue weighted by atomic mass is 10.3. The quantitative estimate of drug-likeness (QED) is 0.828. The van der Waals surface area contributed by atoms with Crippen molar-refractivity contribution in [3.8, 4) is 0 Å². The van der Waals surface area contributed by atoms with E-state index in [2.05, 4.69) is 39.5 Å². The monoisotopic (exact) mass is 346 g/mol. The molecule has 0 unspecified atom stereocenters. The standard InChI is InChI=1S/C19H34N6/c1-4-22-8-6-10-24(14-12-22)18-16-19(21-17(3)20-18)25-11-7-9-23(5-2)13-15-25/h16H,4-15H2,1-3H3. The van der Waals surface area contributed by atoms with E-state index in [4.69, 9.17) is 9.97 Å². The minimum Gasteiger partial charge on any atom is -0.355 e. The molecule has 1 aromatic heterocycles. The Hall–Kier alpha value is -1.40. The maximum Gasteiger partial charge on any atom is 0.134 e. The summed E-state index contributed by atoms with van der Waals surface area (Å²) in [5.74, 6) is 3.11. The van der Waals surface area contributed by atoms with Gasteiger partial charge in [-0.2, -0.15) is 0 Å². The second kappa shape index (κ2) is 8.81. The number of nitrogens with zero attached hydrogens (tertiary/aromatic N) is 6. The molecule has 3 heterocycles. The first kappa shape index (κ1) is 18.4. The lowest BCUT2D eigenvalue weighted by Gasteiger charge is -2.26. The fourth-order valence-electron chi connectivity index (χ4n) is 3.89. The maximum atomic E-state index is 4.76. The number of hydrogen-bond donors (Lipinski definition) is 0.